The van der Waals surface area contributed by atoms with Crippen molar-refractivity contribution in [3.05, 3.63) is 142 Å². The van der Waals surface area contributed by atoms with Crippen LogP contribution in [0.5, 0.6) is 5.75 Å². The van der Waals surface area contributed by atoms with Crippen LogP contribution in [0, 0.1) is 13.8 Å². The van der Waals surface area contributed by atoms with Crippen molar-refractivity contribution in [2.75, 3.05) is 7.11 Å². The van der Waals surface area contributed by atoms with E-state index in [0.717, 1.165) is 67.3 Å². The maximum atomic E-state index is 14.2. The fourth-order valence-corrected chi connectivity index (χ4v) is 7.45. The van der Waals surface area contributed by atoms with Crippen LogP contribution in [0.4, 0.5) is 0 Å². The van der Waals surface area contributed by atoms with E-state index in [4.69, 9.17) is 9.73 Å². The lowest BCUT2D eigenvalue weighted by molar-refractivity contribution is 0.413. The van der Waals surface area contributed by atoms with Gasteiger partial charge in [0.25, 0.3) is 5.56 Å². The highest BCUT2D eigenvalue weighted by Crippen LogP contribution is 2.41. The Bertz CT molecular complexity index is 2050. The van der Waals surface area contributed by atoms with Crippen LogP contribution in [0.25, 0.3) is 17.5 Å². The number of fused-ring (bicyclic) bond motifs is 3. The zero-order chi connectivity index (χ0) is 28.2. The number of benzene rings is 3. The van der Waals surface area contributed by atoms with E-state index in [0.29, 0.717) is 4.53 Å². The molecule has 2 aliphatic rings. The Kier molecular flexibility index (Phi) is 6.44. The van der Waals surface area contributed by atoms with E-state index in [1.54, 1.807) is 7.11 Å². The molecule has 0 bridgehead atoms. The SMILES string of the molecule is COc1cccc([C@@H]2C3=C(N=c4s/c(=C/c5cc(C)n(-c6ccc(Br)cc6)c5C)c(=O)n42)c2ccccc2CC3)c1. The van der Waals surface area contributed by atoms with Gasteiger partial charge in [0.15, 0.2) is 4.80 Å². The number of hydrogen-bond donors (Lipinski definition) is 0. The van der Waals surface area contributed by atoms with Gasteiger partial charge < -0.3 is 9.30 Å². The summed E-state index contributed by atoms with van der Waals surface area (Å²) < 4.78 is 11.4. The van der Waals surface area contributed by atoms with Gasteiger partial charge in [-0.2, -0.15) is 0 Å². The fourth-order valence-electron chi connectivity index (χ4n) is 6.20. The Morgan fingerprint density at radius 3 is 2.61 bits per heavy atom. The molecule has 0 amide bonds. The van der Waals surface area contributed by atoms with Crippen LogP contribution >= 0.6 is 27.3 Å². The quantitative estimate of drug-likeness (QED) is 0.230. The maximum absolute atomic E-state index is 14.2. The molecular formula is C34H28BrN3O2S. The number of methoxy groups -OCH3 is 1. The Balaban J connectivity index is 1.44. The third-order valence-electron chi connectivity index (χ3n) is 8.12. The Hall–Kier alpha value is -3.94. The average Bonchev–Trinajstić information content (AvgIpc) is 3.45. The normalized spacial score (nSPS) is 16.2. The van der Waals surface area contributed by atoms with E-state index in [1.807, 2.05) is 41.0 Å². The van der Waals surface area contributed by atoms with Crippen LogP contribution in [0.3, 0.4) is 0 Å². The van der Waals surface area contributed by atoms with Gasteiger partial charge in [-0.15, -0.1) is 0 Å². The molecule has 0 unspecified atom stereocenters. The number of halogens is 1. The van der Waals surface area contributed by atoms with Crippen LogP contribution in [-0.2, 0) is 6.42 Å². The van der Waals surface area contributed by atoms with Crippen LogP contribution in [0.1, 0.15) is 46.1 Å². The third kappa shape index (κ3) is 4.35. The second-order valence-electron chi connectivity index (χ2n) is 10.5. The first kappa shape index (κ1) is 26.0. The lowest BCUT2D eigenvalue weighted by Gasteiger charge is -2.31. The molecule has 1 aliphatic heterocycles. The number of aryl methyl sites for hydroxylation is 2. The molecule has 204 valence electrons. The Labute approximate surface area is 250 Å². The van der Waals surface area contributed by atoms with Crippen molar-refractivity contribution < 1.29 is 4.74 Å². The van der Waals surface area contributed by atoms with E-state index in [-0.39, 0.29) is 11.6 Å². The first-order valence-corrected chi connectivity index (χ1v) is 15.3. The minimum absolute atomic E-state index is 0.0135. The lowest BCUT2D eigenvalue weighted by atomic mass is 9.83. The minimum atomic E-state index is -0.234. The number of aromatic nitrogens is 2. The van der Waals surface area contributed by atoms with Gasteiger partial charge in [-0.1, -0.05) is 63.7 Å². The molecule has 1 aliphatic carbocycles. The van der Waals surface area contributed by atoms with Crippen LogP contribution < -0.4 is 19.6 Å². The summed E-state index contributed by atoms with van der Waals surface area (Å²) in [7, 11) is 1.68. The zero-order valence-corrected chi connectivity index (χ0v) is 25.4. The number of ether oxygens (including phenoxy) is 1. The second kappa shape index (κ2) is 10.2. The highest BCUT2D eigenvalue weighted by atomic mass is 79.9. The van der Waals surface area contributed by atoms with Gasteiger partial charge >= 0.3 is 0 Å². The molecule has 0 saturated carbocycles. The third-order valence-corrected chi connectivity index (χ3v) is 9.64. The molecule has 1 atom stereocenters. The molecule has 7 heteroatoms. The minimum Gasteiger partial charge on any atom is -0.497 e. The van der Waals surface area contributed by atoms with E-state index >= 15 is 0 Å². The second-order valence-corrected chi connectivity index (χ2v) is 12.5. The summed E-state index contributed by atoms with van der Waals surface area (Å²) in [5, 5.41) is 0. The topological polar surface area (TPSA) is 48.5 Å². The van der Waals surface area contributed by atoms with Crippen LogP contribution in [0.2, 0.25) is 0 Å². The molecule has 5 aromatic rings. The van der Waals surface area contributed by atoms with Crippen molar-refractivity contribution in [3.8, 4) is 11.4 Å². The Morgan fingerprint density at radius 1 is 1.00 bits per heavy atom. The number of thiazole rings is 1. The molecule has 3 heterocycles. The standard InChI is InChI=1S/C34H28BrN3O2S/c1-20-17-24(21(2)37(20)26-14-12-25(35)13-15-26)19-30-33(39)38-32(23-8-6-9-27(18-23)40-3)29-16-11-22-7-4-5-10-28(22)31(29)36-34(38)41-30/h4-10,12-15,17-19,32H,11,16H2,1-3H3/b30-19+/t32-/m1/s1. The van der Waals surface area contributed by atoms with Crippen molar-refractivity contribution in [1.29, 1.82) is 0 Å². The highest BCUT2D eigenvalue weighted by molar-refractivity contribution is 9.10. The summed E-state index contributed by atoms with van der Waals surface area (Å²) in [5.41, 5.74) is 10.0. The monoisotopic (exact) mass is 621 g/mol. The largest absolute Gasteiger partial charge is 0.497 e. The number of nitrogens with zero attached hydrogens (tertiary/aromatic N) is 3. The maximum Gasteiger partial charge on any atom is 0.271 e. The molecule has 0 spiro atoms. The summed E-state index contributed by atoms with van der Waals surface area (Å²) in [5.74, 6) is 0.778. The molecule has 5 nitrogen and oxygen atoms in total. The van der Waals surface area contributed by atoms with E-state index < -0.39 is 0 Å². The van der Waals surface area contributed by atoms with Gasteiger partial charge in [0.05, 0.1) is 23.4 Å². The summed E-state index contributed by atoms with van der Waals surface area (Å²) >= 11 is 5.00. The van der Waals surface area contributed by atoms with Crippen molar-refractivity contribution >= 4 is 39.0 Å². The molecule has 0 saturated heterocycles. The van der Waals surface area contributed by atoms with Crippen molar-refractivity contribution in [3.63, 3.8) is 0 Å². The molecule has 0 fully saturated rings. The molecule has 7 rings (SSSR count). The van der Waals surface area contributed by atoms with E-state index in [9.17, 15) is 4.79 Å². The van der Waals surface area contributed by atoms with E-state index in [1.165, 1.54) is 22.5 Å². The van der Waals surface area contributed by atoms with Crippen molar-refractivity contribution in [1.82, 2.24) is 9.13 Å². The molecule has 2 aromatic heterocycles. The highest BCUT2D eigenvalue weighted by Gasteiger charge is 2.32. The van der Waals surface area contributed by atoms with Gasteiger partial charge in [-0.3, -0.25) is 9.36 Å². The number of rotatable bonds is 4. The van der Waals surface area contributed by atoms with Gasteiger partial charge in [0, 0.05) is 27.1 Å². The number of allylic oxidation sites excluding steroid dienone is 1. The van der Waals surface area contributed by atoms with Crippen molar-refractivity contribution in [2.45, 2.75) is 32.7 Å². The van der Waals surface area contributed by atoms with Gasteiger partial charge in [0.1, 0.15) is 5.75 Å². The molecular weight excluding hydrogens is 594 g/mol. The number of hydrogen-bond acceptors (Lipinski definition) is 4. The first-order valence-electron chi connectivity index (χ1n) is 13.6. The van der Waals surface area contributed by atoms with Gasteiger partial charge in [-0.05, 0) is 97.5 Å². The molecule has 0 radical (unpaired) electrons. The van der Waals surface area contributed by atoms with Crippen molar-refractivity contribution in [2.24, 2.45) is 4.99 Å². The summed E-state index contributed by atoms with van der Waals surface area (Å²) in [4.78, 5) is 20.1. The Morgan fingerprint density at radius 2 is 1.80 bits per heavy atom. The van der Waals surface area contributed by atoms with E-state index in [2.05, 4.69) is 82.9 Å². The summed E-state index contributed by atoms with van der Waals surface area (Å²) in [6.45, 7) is 4.20. The predicted molar refractivity (Wildman–Crippen MR) is 169 cm³/mol. The van der Waals surface area contributed by atoms with Gasteiger partial charge in [0.2, 0.25) is 0 Å². The average molecular weight is 623 g/mol. The fraction of sp³-hybridized carbons (Fsp3) is 0.176. The lowest BCUT2D eigenvalue weighted by Crippen LogP contribution is -2.38. The van der Waals surface area contributed by atoms with Crippen LogP contribution in [0.15, 0.2) is 98.7 Å². The van der Waals surface area contributed by atoms with Crippen LogP contribution in [-0.4, -0.2) is 16.2 Å². The van der Waals surface area contributed by atoms with Gasteiger partial charge in [-0.25, -0.2) is 4.99 Å². The summed E-state index contributed by atoms with van der Waals surface area (Å²) in [6.07, 6.45) is 3.81. The molecule has 3 aromatic carbocycles. The summed E-state index contributed by atoms with van der Waals surface area (Å²) in [6, 6.07) is 26.8. The first-order chi connectivity index (χ1) is 19.9. The molecule has 41 heavy (non-hydrogen) atoms. The zero-order valence-electron chi connectivity index (χ0n) is 23.0. The predicted octanol–water partition coefficient (Wildman–Crippen LogP) is 6.50. The smallest absolute Gasteiger partial charge is 0.271 e. The molecule has 0 N–H and O–H groups in total.